The molecule has 1 aromatic rings. The Morgan fingerprint density at radius 1 is 1.56 bits per heavy atom. The Labute approximate surface area is 113 Å². The second-order valence-electron chi connectivity index (χ2n) is 6.03. The van der Waals surface area contributed by atoms with Gasteiger partial charge in [-0.25, -0.2) is 4.98 Å². The molecule has 1 fully saturated rings. The SMILES string of the molecule is CC(C)(C)c1csc(CC(=O)CC2CCOC2)n1. The summed E-state index contributed by atoms with van der Waals surface area (Å²) in [6.45, 7) is 7.98. The second-order valence-corrected chi connectivity index (χ2v) is 6.97. The number of Topliss-reactive ketones (excluding diaryl/α,β-unsaturated/α-hetero) is 1. The number of rotatable bonds is 4. The number of carbonyl (C=O) groups is 1. The Kier molecular flexibility index (Phi) is 4.17. The zero-order valence-corrected chi connectivity index (χ0v) is 12.2. The topological polar surface area (TPSA) is 39.2 Å². The lowest BCUT2D eigenvalue weighted by Crippen LogP contribution is -2.13. The highest BCUT2D eigenvalue weighted by Gasteiger charge is 2.21. The first-order valence-electron chi connectivity index (χ1n) is 6.49. The second kappa shape index (κ2) is 5.49. The molecule has 1 saturated heterocycles. The van der Waals surface area contributed by atoms with Crippen LogP contribution in [0.1, 0.15) is 44.3 Å². The maximum Gasteiger partial charge on any atom is 0.140 e. The van der Waals surface area contributed by atoms with Crippen LogP contribution in [0.4, 0.5) is 0 Å². The Bertz CT molecular complexity index is 414. The first-order valence-corrected chi connectivity index (χ1v) is 7.37. The van der Waals surface area contributed by atoms with E-state index in [0.717, 1.165) is 30.3 Å². The fourth-order valence-electron chi connectivity index (χ4n) is 2.04. The summed E-state index contributed by atoms with van der Waals surface area (Å²) in [6.07, 6.45) is 2.15. The van der Waals surface area contributed by atoms with Gasteiger partial charge in [0.15, 0.2) is 0 Å². The van der Waals surface area contributed by atoms with E-state index in [1.807, 2.05) is 0 Å². The van der Waals surface area contributed by atoms with Crippen LogP contribution in [0.5, 0.6) is 0 Å². The predicted octanol–water partition coefficient (Wildman–Crippen LogP) is 2.98. The molecule has 2 rings (SSSR count). The van der Waals surface area contributed by atoms with Gasteiger partial charge in [0, 0.05) is 30.4 Å². The van der Waals surface area contributed by atoms with E-state index < -0.39 is 0 Å². The van der Waals surface area contributed by atoms with Crippen LogP contribution in [0.15, 0.2) is 5.38 Å². The molecule has 18 heavy (non-hydrogen) atoms. The molecule has 1 aromatic heterocycles. The van der Waals surface area contributed by atoms with Crippen LogP contribution in [0.2, 0.25) is 0 Å². The van der Waals surface area contributed by atoms with Gasteiger partial charge in [-0.3, -0.25) is 4.79 Å². The van der Waals surface area contributed by atoms with Crippen LogP contribution in [0.25, 0.3) is 0 Å². The Balaban J connectivity index is 1.88. The van der Waals surface area contributed by atoms with Crippen molar-refractivity contribution in [1.82, 2.24) is 4.98 Å². The van der Waals surface area contributed by atoms with Crippen LogP contribution in [0, 0.1) is 5.92 Å². The van der Waals surface area contributed by atoms with Gasteiger partial charge in [-0.1, -0.05) is 20.8 Å². The third-order valence-corrected chi connectivity index (χ3v) is 4.06. The monoisotopic (exact) mass is 267 g/mol. The quantitative estimate of drug-likeness (QED) is 0.842. The number of aromatic nitrogens is 1. The first kappa shape index (κ1) is 13.7. The van der Waals surface area contributed by atoms with Gasteiger partial charge < -0.3 is 4.74 Å². The van der Waals surface area contributed by atoms with Crippen LogP contribution < -0.4 is 0 Å². The normalized spacial score (nSPS) is 20.3. The van der Waals surface area contributed by atoms with Crippen molar-refractivity contribution in [3.8, 4) is 0 Å². The van der Waals surface area contributed by atoms with E-state index in [0.29, 0.717) is 24.5 Å². The van der Waals surface area contributed by atoms with Crippen LogP contribution >= 0.6 is 11.3 Å². The average Bonchev–Trinajstić information content (AvgIpc) is 2.87. The van der Waals surface area contributed by atoms with E-state index in [-0.39, 0.29) is 5.41 Å². The molecule has 0 bridgehead atoms. The lowest BCUT2D eigenvalue weighted by molar-refractivity contribution is -0.119. The predicted molar refractivity (Wildman–Crippen MR) is 73.1 cm³/mol. The van der Waals surface area contributed by atoms with Crippen molar-refractivity contribution >= 4 is 17.1 Å². The molecule has 1 atom stereocenters. The molecule has 1 unspecified atom stereocenters. The van der Waals surface area contributed by atoms with Crippen molar-refractivity contribution in [2.45, 2.75) is 45.4 Å². The molecule has 1 aliphatic heterocycles. The van der Waals surface area contributed by atoms with Gasteiger partial charge in [0.25, 0.3) is 0 Å². The molecule has 3 nitrogen and oxygen atoms in total. The number of hydrogen-bond donors (Lipinski definition) is 0. The van der Waals surface area contributed by atoms with Crippen LogP contribution in [-0.4, -0.2) is 24.0 Å². The number of nitrogens with zero attached hydrogens (tertiary/aromatic N) is 1. The van der Waals surface area contributed by atoms with Gasteiger partial charge in [0.1, 0.15) is 10.8 Å². The van der Waals surface area contributed by atoms with E-state index in [1.54, 1.807) is 11.3 Å². The van der Waals surface area contributed by atoms with Gasteiger partial charge in [0.05, 0.1) is 12.1 Å². The molecule has 0 saturated carbocycles. The van der Waals surface area contributed by atoms with Crippen molar-refractivity contribution in [2.24, 2.45) is 5.92 Å². The van der Waals surface area contributed by atoms with Crippen molar-refractivity contribution in [3.63, 3.8) is 0 Å². The summed E-state index contributed by atoms with van der Waals surface area (Å²) < 4.78 is 5.29. The maximum atomic E-state index is 11.9. The molecule has 4 heteroatoms. The molecule has 0 N–H and O–H groups in total. The minimum Gasteiger partial charge on any atom is -0.381 e. The molecule has 0 spiro atoms. The number of ether oxygens (including phenoxy) is 1. The Morgan fingerprint density at radius 2 is 2.33 bits per heavy atom. The van der Waals surface area contributed by atoms with Gasteiger partial charge in [-0.15, -0.1) is 11.3 Å². The molecular weight excluding hydrogens is 246 g/mol. The van der Waals surface area contributed by atoms with Gasteiger partial charge >= 0.3 is 0 Å². The fraction of sp³-hybridized carbons (Fsp3) is 0.714. The fourth-order valence-corrected chi connectivity index (χ4v) is 3.09. The summed E-state index contributed by atoms with van der Waals surface area (Å²) in [5, 5.41) is 3.02. The lowest BCUT2D eigenvalue weighted by atomic mass is 9.93. The highest BCUT2D eigenvalue weighted by molar-refractivity contribution is 7.09. The van der Waals surface area contributed by atoms with E-state index in [1.165, 1.54) is 0 Å². The highest BCUT2D eigenvalue weighted by Crippen LogP contribution is 2.25. The summed E-state index contributed by atoms with van der Waals surface area (Å²) in [4.78, 5) is 16.5. The minimum atomic E-state index is 0.0666. The lowest BCUT2D eigenvalue weighted by Gasteiger charge is -2.14. The number of hydrogen-bond acceptors (Lipinski definition) is 4. The van der Waals surface area contributed by atoms with E-state index in [2.05, 4.69) is 31.1 Å². The summed E-state index contributed by atoms with van der Waals surface area (Å²) in [5.41, 5.74) is 1.15. The zero-order chi connectivity index (χ0) is 13.2. The molecule has 2 heterocycles. The molecule has 0 amide bonds. The first-order chi connectivity index (χ1) is 8.45. The third-order valence-electron chi connectivity index (χ3n) is 3.21. The average molecular weight is 267 g/mol. The molecule has 100 valence electrons. The van der Waals surface area contributed by atoms with Crippen LogP contribution in [0.3, 0.4) is 0 Å². The smallest absolute Gasteiger partial charge is 0.140 e. The Hall–Kier alpha value is -0.740. The maximum absolute atomic E-state index is 11.9. The van der Waals surface area contributed by atoms with Crippen molar-refractivity contribution in [3.05, 3.63) is 16.1 Å². The van der Waals surface area contributed by atoms with Gasteiger partial charge in [-0.05, 0) is 12.3 Å². The van der Waals surface area contributed by atoms with E-state index in [9.17, 15) is 4.79 Å². The Morgan fingerprint density at radius 3 is 2.89 bits per heavy atom. The largest absolute Gasteiger partial charge is 0.381 e. The van der Waals surface area contributed by atoms with Crippen LogP contribution in [-0.2, 0) is 21.4 Å². The van der Waals surface area contributed by atoms with E-state index in [4.69, 9.17) is 4.74 Å². The molecule has 0 radical (unpaired) electrons. The van der Waals surface area contributed by atoms with Crippen molar-refractivity contribution in [2.75, 3.05) is 13.2 Å². The number of carbonyl (C=O) groups excluding carboxylic acids is 1. The van der Waals surface area contributed by atoms with Crippen molar-refractivity contribution in [1.29, 1.82) is 0 Å². The summed E-state index contributed by atoms with van der Waals surface area (Å²) in [7, 11) is 0. The molecular formula is C14H21NO2S. The number of ketones is 1. The van der Waals surface area contributed by atoms with Gasteiger partial charge in [0.2, 0.25) is 0 Å². The summed E-state index contributed by atoms with van der Waals surface area (Å²) >= 11 is 1.60. The summed E-state index contributed by atoms with van der Waals surface area (Å²) in [5.74, 6) is 0.722. The highest BCUT2D eigenvalue weighted by atomic mass is 32.1. The minimum absolute atomic E-state index is 0.0666. The standard InChI is InChI=1S/C14H21NO2S/c1-14(2,3)12-9-18-13(15-12)7-11(16)6-10-4-5-17-8-10/h9-10H,4-8H2,1-3H3. The molecule has 0 aromatic carbocycles. The molecule has 0 aliphatic carbocycles. The van der Waals surface area contributed by atoms with Crippen molar-refractivity contribution < 1.29 is 9.53 Å². The third kappa shape index (κ3) is 3.62. The van der Waals surface area contributed by atoms with Gasteiger partial charge in [-0.2, -0.15) is 0 Å². The molecule has 1 aliphatic rings. The van der Waals surface area contributed by atoms with E-state index >= 15 is 0 Å². The zero-order valence-electron chi connectivity index (χ0n) is 11.4. The summed E-state index contributed by atoms with van der Waals surface area (Å²) in [6, 6.07) is 0. The number of thiazole rings is 1.